The van der Waals surface area contributed by atoms with Crippen LogP contribution in [0.2, 0.25) is 0 Å². The maximum absolute atomic E-state index is 12.7. The standard InChI is InChI=1S/C20H28N4O4/c25-19-13-21-6-8-24(19)16-3-1-7-23(14-16)20(26)22-12-15-4-5-17-18(11-15)28-10-2-9-27-17/h4-5,11,16,21H,1-3,6-10,12-14H2,(H,22,26). The Morgan fingerprint density at radius 1 is 1.18 bits per heavy atom. The minimum absolute atomic E-state index is 0.0839. The van der Waals surface area contributed by atoms with Crippen molar-refractivity contribution in [3.8, 4) is 11.5 Å². The summed E-state index contributed by atoms with van der Waals surface area (Å²) >= 11 is 0. The lowest BCUT2D eigenvalue weighted by Crippen LogP contribution is -2.58. The highest BCUT2D eigenvalue weighted by Gasteiger charge is 2.31. The Balaban J connectivity index is 1.32. The lowest BCUT2D eigenvalue weighted by Gasteiger charge is -2.41. The van der Waals surface area contributed by atoms with Crippen molar-refractivity contribution in [3.05, 3.63) is 23.8 Å². The van der Waals surface area contributed by atoms with Crippen molar-refractivity contribution < 1.29 is 19.1 Å². The van der Waals surface area contributed by atoms with E-state index in [1.54, 1.807) is 0 Å². The number of likely N-dealkylation sites (tertiary alicyclic amines) is 1. The molecule has 8 nitrogen and oxygen atoms in total. The predicted octanol–water partition coefficient (Wildman–Crippen LogP) is 0.954. The lowest BCUT2D eigenvalue weighted by atomic mass is 10.0. The molecule has 28 heavy (non-hydrogen) atoms. The van der Waals surface area contributed by atoms with Crippen molar-refractivity contribution in [1.29, 1.82) is 0 Å². The average molecular weight is 388 g/mol. The highest BCUT2D eigenvalue weighted by molar-refractivity contribution is 5.79. The summed E-state index contributed by atoms with van der Waals surface area (Å²) in [5, 5.41) is 6.10. The van der Waals surface area contributed by atoms with E-state index < -0.39 is 0 Å². The highest BCUT2D eigenvalue weighted by Crippen LogP contribution is 2.30. The Labute approximate surface area is 165 Å². The number of ether oxygens (including phenoxy) is 2. The maximum atomic E-state index is 12.7. The minimum Gasteiger partial charge on any atom is -0.490 e. The molecule has 1 aromatic carbocycles. The van der Waals surface area contributed by atoms with Crippen LogP contribution in [0.15, 0.2) is 18.2 Å². The Morgan fingerprint density at radius 3 is 2.89 bits per heavy atom. The SMILES string of the molecule is O=C(NCc1ccc2c(c1)OCCCO2)N1CCCC(N2CCNCC2=O)C1. The molecule has 3 aliphatic rings. The smallest absolute Gasteiger partial charge is 0.317 e. The summed E-state index contributed by atoms with van der Waals surface area (Å²) in [7, 11) is 0. The Kier molecular flexibility index (Phi) is 5.85. The van der Waals surface area contributed by atoms with Crippen LogP contribution < -0.4 is 20.1 Å². The fourth-order valence-electron chi connectivity index (χ4n) is 4.01. The number of fused-ring (bicyclic) bond motifs is 1. The van der Waals surface area contributed by atoms with Gasteiger partial charge in [-0.2, -0.15) is 0 Å². The van der Waals surface area contributed by atoms with E-state index >= 15 is 0 Å². The quantitative estimate of drug-likeness (QED) is 0.806. The summed E-state index contributed by atoms with van der Waals surface area (Å²) < 4.78 is 11.4. The van der Waals surface area contributed by atoms with Crippen LogP contribution in [0, 0.1) is 0 Å². The Bertz CT molecular complexity index is 726. The van der Waals surface area contributed by atoms with Crippen LogP contribution in [-0.4, -0.2) is 73.7 Å². The zero-order chi connectivity index (χ0) is 19.3. The molecular weight excluding hydrogens is 360 g/mol. The summed E-state index contributed by atoms with van der Waals surface area (Å²) in [6.07, 6.45) is 2.74. The third-order valence-electron chi connectivity index (χ3n) is 5.51. The average Bonchev–Trinajstić information content (AvgIpc) is 2.97. The van der Waals surface area contributed by atoms with Crippen LogP contribution in [0.4, 0.5) is 4.79 Å². The molecule has 0 aliphatic carbocycles. The van der Waals surface area contributed by atoms with Gasteiger partial charge in [0, 0.05) is 45.2 Å². The van der Waals surface area contributed by atoms with E-state index in [1.165, 1.54) is 0 Å². The summed E-state index contributed by atoms with van der Waals surface area (Å²) in [5.41, 5.74) is 0.975. The number of benzene rings is 1. The highest BCUT2D eigenvalue weighted by atomic mass is 16.5. The van der Waals surface area contributed by atoms with E-state index in [4.69, 9.17) is 9.47 Å². The lowest BCUT2D eigenvalue weighted by molar-refractivity contribution is -0.135. The first-order valence-electron chi connectivity index (χ1n) is 10.1. The van der Waals surface area contributed by atoms with Gasteiger partial charge < -0.3 is 29.9 Å². The summed E-state index contributed by atoms with van der Waals surface area (Å²) in [6.45, 7) is 4.99. The van der Waals surface area contributed by atoms with Crippen LogP contribution in [0.3, 0.4) is 0 Å². The molecule has 2 saturated heterocycles. The summed E-state index contributed by atoms with van der Waals surface area (Å²) in [4.78, 5) is 28.6. The van der Waals surface area contributed by atoms with E-state index in [9.17, 15) is 9.59 Å². The van der Waals surface area contributed by atoms with Gasteiger partial charge in [0.05, 0.1) is 19.8 Å². The van der Waals surface area contributed by atoms with E-state index in [0.717, 1.165) is 56.0 Å². The number of piperazine rings is 1. The zero-order valence-electron chi connectivity index (χ0n) is 16.1. The van der Waals surface area contributed by atoms with Crippen LogP contribution in [0.1, 0.15) is 24.8 Å². The van der Waals surface area contributed by atoms with Crippen molar-refractivity contribution in [1.82, 2.24) is 20.4 Å². The van der Waals surface area contributed by atoms with Gasteiger partial charge >= 0.3 is 6.03 Å². The first-order chi connectivity index (χ1) is 13.7. The molecule has 2 N–H and O–H groups in total. The monoisotopic (exact) mass is 388 g/mol. The van der Waals surface area contributed by atoms with Gasteiger partial charge in [-0.25, -0.2) is 4.79 Å². The van der Waals surface area contributed by atoms with E-state index in [0.29, 0.717) is 32.8 Å². The van der Waals surface area contributed by atoms with Gasteiger partial charge in [0.1, 0.15) is 0 Å². The van der Waals surface area contributed by atoms with Crippen molar-refractivity contribution in [2.24, 2.45) is 0 Å². The second-order valence-electron chi connectivity index (χ2n) is 7.50. The Hall–Kier alpha value is -2.48. The second kappa shape index (κ2) is 8.68. The number of carbonyl (C=O) groups is 2. The zero-order valence-corrected chi connectivity index (χ0v) is 16.1. The van der Waals surface area contributed by atoms with E-state index in [-0.39, 0.29) is 18.0 Å². The van der Waals surface area contributed by atoms with Crippen LogP contribution in [0.25, 0.3) is 0 Å². The number of amides is 3. The molecule has 0 radical (unpaired) electrons. The molecule has 3 aliphatic heterocycles. The molecule has 8 heteroatoms. The van der Waals surface area contributed by atoms with Crippen LogP contribution in [-0.2, 0) is 11.3 Å². The normalized spacial score (nSPS) is 22.6. The fourth-order valence-corrected chi connectivity index (χ4v) is 4.01. The maximum Gasteiger partial charge on any atom is 0.317 e. The minimum atomic E-state index is -0.0839. The van der Waals surface area contributed by atoms with Gasteiger partial charge in [-0.15, -0.1) is 0 Å². The topological polar surface area (TPSA) is 83.1 Å². The second-order valence-corrected chi connectivity index (χ2v) is 7.50. The first kappa shape index (κ1) is 18.9. The molecule has 4 rings (SSSR count). The molecule has 2 fully saturated rings. The third kappa shape index (κ3) is 4.32. The summed E-state index contributed by atoms with van der Waals surface area (Å²) in [5.74, 6) is 1.62. The molecule has 3 heterocycles. The third-order valence-corrected chi connectivity index (χ3v) is 5.51. The number of urea groups is 1. The molecule has 1 atom stereocenters. The van der Waals surface area contributed by atoms with E-state index in [1.807, 2.05) is 28.0 Å². The number of carbonyl (C=O) groups excluding carboxylic acids is 2. The molecule has 152 valence electrons. The van der Waals surface area contributed by atoms with Gasteiger partial charge in [-0.05, 0) is 30.5 Å². The van der Waals surface area contributed by atoms with Crippen molar-refractivity contribution >= 4 is 11.9 Å². The molecule has 0 saturated carbocycles. The van der Waals surface area contributed by atoms with Gasteiger partial charge in [-0.3, -0.25) is 4.79 Å². The molecule has 0 spiro atoms. The molecular formula is C20H28N4O4. The predicted molar refractivity (Wildman–Crippen MR) is 103 cm³/mol. The summed E-state index contributed by atoms with van der Waals surface area (Å²) in [6, 6.07) is 5.81. The van der Waals surface area contributed by atoms with Crippen LogP contribution >= 0.6 is 0 Å². The van der Waals surface area contributed by atoms with Gasteiger partial charge in [-0.1, -0.05) is 6.07 Å². The van der Waals surface area contributed by atoms with Gasteiger partial charge in [0.15, 0.2) is 11.5 Å². The van der Waals surface area contributed by atoms with Crippen molar-refractivity contribution in [3.63, 3.8) is 0 Å². The van der Waals surface area contributed by atoms with Gasteiger partial charge in [0.25, 0.3) is 0 Å². The first-order valence-corrected chi connectivity index (χ1v) is 10.1. The number of hydrogen-bond donors (Lipinski definition) is 2. The molecule has 0 aromatic heterocycles. The van der Waals surface area contributed by atoms with Gasteiger partial charge in [0.2, 0.25) is 5.91 Å². The number of piperidine rings is 1. The Morgan fingerprint density at radius 2 is 2.04 bits per heavy atom. The van der Waals surface area contributed by atoms with Crippen molar-refractivity contribution in [2.75, 3.05) is 45.9 Å². The number of nitrogens with zero attached hydrogens (tertiary/aromatic N) is 2. The molecule has 1 unspecified atom stereocenters. The molecule has 3 amide bonds. The van der Waals surface area contributed by atoms with Crippen molar-refractivity contribution in [2.45, 2.75) is 31.8 Å². The molecule has 1 aromatic rings. The fraction of sp³-hybridized carbons (Fsp3) is 0.600. The number of rotatable bonds is 3. The largest absolute Gasteiger partial charge is 0.490 e. The number of nitrogens with one attached hydrogen (secondary N) is 2. The number of hydrogen-bond acceptors (Lipinski definition) is 5. The van der Waals surface area contributed by atoms with Crippen LogP contribution in [0.5, 0.6) is 11.5 Å². The van der Waals surface area contributed by atoms with E-state index in [2.05, 4.69) is 10.6 Å². The molecule has 0 bridgehead atoms.